The molecule has 0 unspecified atom stereocenters. The average Bonchev–Trinajstić information content (AvgIpc) is 2.42. The number of aryl methyl sites for hydroxylation is 1. The van der Waals surface area contributed by atoms with Gasteiger partial charge in [0.05, 0.1) is 6.10 Å². The number of aromatic nitrogens is 1. The molecule has 0 radical (unpaired) electrons. The fourth-order valence-corrected chi connectivity index (χ4v) is 1.87. The monoisotopic (exact) mass is 285 g/mol. The Labute approximate surface area is 124 Å². The minimum Gasteiger partial charge on any atom is -0.491 e. The number of carbonyl (C=O) groups is 1. The molecule has 2 aromatic rings. The molecule has 0 bridgehead atoms. The molecule has 4 nitrogen and oxygen atoms in total. The summed E-state index contributed by atoms with van der Waals surface area (Å²) >= 11 is 0. The summed E-state index contributed by atoms with van der Waals surface area (Å²) in [4.78, 5) is 15.3. The fourth-order valence-electron chi connectivity index (χ4n) is 1.87. The van der Waals surface area contributed by atoms with Gasteiger partial charge in [-0.05, 0) is 50.6 Å². The molecule has 1 aromatic carbocycles. The van der Waals surface area contributed by atoms with E-state index < -0.39 is 0 Å². The van der Waals surface area contributed by atoms with E-state index in [2.05, 4.69) is 4.98 Å². The van der Waals surface area contributed by atoms with Gasteiger partial charge < -0.3 is 9.47 Å². The second-order valence-electron chi connectivity index (χ2n) is 5.13. The molecule has 0 aliphatic carbocycles. The van der Waals surface area contributed by atoms with Crippen LogP contribution < -0.4 is 9.47 Å². The van der Waals surface area contributed by atoms with Gasteiger partial charge in [-0.3, -0.25) is 9.78 Å². The van der Waals surface area contributed by atoms with Gasteiger partial charge in [-0.1, -0.05) is 0 Å². The third kappa shape index (κ3) is 4.05. The lowest BCUT2D eigenvalue weighted by Gasteiger charge is -2.13. The quantitative estimate of drug-likeness (QED) is 0.773. The number of nitrogens with zero attached hydrogens (tertiary/aromatic N) is 1. The Hall–Kier alpha value is -2.36. The van der Waals surface area contributed by atoms with Gasteiger partial charge in [0.1, 0.15) is 22.9 Å². The smallest absolute Gasteiger partial charge is 0.178 e. The van der Waals surface area contributed by atoms with Crippen LogP contribution in [0, 0.1) is 6.92 Å². The molecule has 0 amide bonds. The van der Waals surface area contributed by atoms with Crippen LogP contribution in [0.15, 0.2) is 36.5 Å². The Kier molecular flexibility index (Phi) is 4.58. The topological polar surface area (TPSA) is 48.4 Å². The zero-order valence-corrected chi connectivity index (χ0v) is 12.7. The average molecular weight is 285 g/mol. The van der Waals surface area contributed by atoms with Crippen molar-refractivity contribution in [3.05, 3.63) is 47.8 Å². The Morgan fingerprint density at radius 2 is 1.86 bits per heavy atom. The lowest BCUT2D eigenvalue weighted by Crippen LogP contribution is -2.06. The second kappa shape index (κ2) is 6.39. The molecule has 0 saturated carbocycles. The number of benzene rings is 1. The van der Waals surface area contributed by atoms with Crippen LogP contribution in [0.5, 0.6) is 17.2 Å². The largest absolute Gasteiger partial charge is 0.491 e. The molecule has 1 heterocycles. The van der Waals surface area contributed by atoms with Crippen molar-refractivity contribution in [2.45, 2.75) is 33.8 Å². The SMILES string of the molecule is CC(=O)c1cc(Oc2ccc(OC(C)C)c(C)c2)ccn1. The molecule has 21 heavy (non-hydrogen) atoms. The fraction of sp³-hybridized carbons (Fsp3) is 0.294. The molecule has 1 aromatic heterocycles. The predicted octanol–water partition coefficient (Wildman–Crippen LogP) is 4.17. The van der Waals surface area contributed by atoms with Crippen molar-refractivity contribution < 1.29 is 14.3 Å². The number of ether oxygens (including phenoxy) is 2. The Balaban J connectivity index is 2.18. The van der Waals surface area contributed by atoms with Crippen LogP contribution in [-0.2, 0) is 0 Å². The van der Waals surface area contributed by atoms with E-state index in [-0.39, 0.29) is 11.9 Å². The molecule has 0 atom stereocenters. The highest BCUT2D eigenvalue weighted by molar-refractivity contribution is 5.92. The van der Waals surface area contributed by atoms with Crippen molar-refractivity contribution in [2.24, 2.45) is 0 Å². The van der Waals surface area contributed by atoms with E-state index in [1.54, 1.807) is 18.3 Å². The maximum absolute atomic E-state index is 11.3. The third-order valence-electron chi connectivity index (χ3n) is 2.84. The zero-order chi connectivity index (χ0) is 15.4. The molecule has 2 rings (SSSR count). The van der Waals surface area contributed by atoms with Crippen molar-refractivity contribution in [1.82, 2.24) is 4.98 Å². The summed E-state index contributed by atoms with van der Waals surface area (Å²) in [6, 6.07) is 9.00. The number of Topliss-reactive ketones (excluding diaryl/α,β-unsaturated/α-hetero) is 1. The van der Waals surface area contributed by atoms with Crippen LogP contribution in [-0.4, -0.2) is 16.9 Å². The lowest BCUT2D eigenvalue weighted by atomic mass is 10.2. The van der Waals surface area contributed by atoms with Gasteiger partial charge >= 0.3 is 0 Å². The maximum atomic E-state index is 11.3. The van der Waals surface area contributed by atoms with E-state index in [0.717, 1.165) is 11.3 Å². The number of hydrogen-bond donors (Lipinski definition) is 0. The first kappa shape index (κ1) is 15.0. The van der Waals surface area contributed by atoms with E-state index in [9.17, 15) is 4.79 Å². The number of carbonyl (C=O) groups excluding carboxylic acids is 1. The lowest BCUT2D eigenvalue weighted by molar-refractivity contribution is 0.101. The zero-order valence-electron chi connectivity index (χ0n) is 12.7. The maximum Gasteiger partial charge on any atom is 0.178 e. The molecule has 0 fully saturated rings. The highest BCUT2D eigenvalue weighted by Crippen LogP contribution is 2.28. The first-order valence-corrected chi connectivity index (χ1v) is 6.88. The summed E-state index contributed by atoms with van der Waals surface area (Å²) in [5.74, 6) is 2.05. The van der Waals surface area contributed by atoms with Gasteiger partial charge in [0.2, 0.25) is 0 Å². The first-order valence-electron chi connectivity index (χ1n) is 6.88. The van der Waals surface area contributed by atoms with Crippen LogP contribution in [0.25, 0.3) is 0 Å². The minimum absolute atomic E-state index is 0.0858. The third-order valence-corrected chi connectivity index (χ3v) is 2.84. The van der Waals surface area contributed by atoms with Crippen LogP contribution in [0.2, 0.25) is 0 Å². The normalized spacial score (nSPS) is 10.5. The number of rotatable bonds is 5. The molecule has 0 spiro atoms. The van der Waals surface area contributed by atoms with Gasteiger partial charge in [-0.25, -0.2) is 0 Å². The van der Waals surface area contributed by atoms with Crippen molar-refractivity contribution in [2.75, 3.05) is 0 Å². The summed E-state index contributed by atoms with van der Waals surface area (Å²) in [5, 5.41) is 0. The van der Waals surface area contributed by atoms with E-state index in [1.165, 1.54) is 6.92 Å². The van der Waals surface area contributed by atoms with E-state index in [0.29, 0.717) is 17.2 Å². The molecule has 4 heteroatoms. The highest BCUT2D eigenvalue weighted by Gasteiger charge is 2.07. The van der Waals surface area contributed by atoms with E-state index in [1.807, 2.05) is 39.0 Å². The molecular formula is C17H19NO3. The summed E-state index contributed by atoms with van der Waals surface area (Å²) < 4.78 is 11.5. The van der Waals surface area contributed by atoms with Crippen molar-refractivity contribution >= 4 is 5.78 Å². The van der Waals surface area contributed by atoms with Gasteiger partial charge in [-0.2, -0.15) is 0 Å². The Morgan fingerprint density at radius 3 is 2.48 bits per heavy atom. The van der Waals surface area contributed by atoms with Gasteiger partial charge in [0, 0.05) is 19.2 Å². The molecule has 0 aliphatic heterocycles. The van der Waals surface area contributed by atoms with Crippen LogP contribution in [0.1, 0.15) is 36.8 Å². The second-order valence-corrected chi connectivity index (χ2v) is 5.13. The van der Waals surface area contributed by atoms with E-state index in [4.69, 9.17) is 9.47 Å². The Morgan fingerprint density at radius 1 is 1.14 bits per heavy atom. The summed E-state index contributed by atoms with van der Waals surface area (Å²) in [5.41, 5.74) is 1.39. The number of pyridine rings is 1. The van der Waals surface area contributed by atoms with Crippen molar-refractivity contribution in [3.8, 4) is 17.2 Å². The van der Waals surface area contributed by atoms with Crippen LogP contribution in [0.3, 0.4) is 0 Å². The van der Waals surface area contributed by atoms with Gasteiger partial charge in [0.25, 0.3) is 0 Å². The van der Waals surface area contributed by atoms with E-state index >= 15 is 0 Å². The summed E-state index contributed by atoms with van der Waals surface area (Å²) in [7, 11) is 0. The van der Waals surface area contributed by atoms with Gasteiger partial charge in [0.15, 0.2) is 5.78 Å². The molecule has 110 valence electrons. The summed E-state index contributed by atoms with van der Waals surface area (Å²) in [6.07, 6.45) is 1.70. The standard InChI is InChI=1S/C17H19NO3/c1-11(2)20-17-6-5-14(9-12(17)3)21-15-7-8-18-16(10-15)13(4)19/h5-11H,1-4H3. The predicted molar refractivity (Wildman–Crippen MR) is 81.3 cm³/mol. The molecule has 0 N–H and O–H groups in total. The first-order chi connectivity index (χ1) is 9.95. The van der Waals surface area contributed by atoms with Crippen LogP contribution >= 0.6 is 0 Å². The highest BCUT2D eigenvalue weighted by atomic mass is 16.5. The molecular weight excluding hydrogens is 266 g/mol. The number of ketones is 1. The Bertz CT molecular complexity index is 650. The molecule has 0 aliphatic rings. The minimum atomic E-state index is -0.0858. The van der Waals surface area contributed by atoms with Crippen molar-refractivity contribution in [1.29, 1.82) is 0 Å². The molecule has 0 saturated heterocycles. The van der Waals surface area contributed by atoms with Crippen LogP contribution in [0.4, 0.5) is 0 Å². The number of hydrogen-bond acceptors (Lipinski definition) is 4. The van der Waals surface area contributed by atoms with Gasteiger partial charge in [-0.15, -0.1) is 0 Å². The summed E-state index contributed by atoms with van der Waals surface area (Å²) in [6.45, 7) is 7.43. The van der Waals surface area contributed by atoms with Crippen molar-refractivity contribution in [3.63, 3.8) is 0 Å².